The average molecular weight is 324 g/mol. The Morgan fingerprint density at radius 2 is 2.12 bits per heavy atom. The van der Waals surface area contributed by atoms with Gasteiger partial charge in [-0.2, -0.15) is 0 Å². The van der Waals surface area contributed by atoms with Crippen LogP contribution in [-0.4, -0.2) is 35.5 Å². The van der Waals surface area contributed by atoms with Gasteiger partial charge < -0.3 is 10.2 Å². The molecular formula is C19H24N4O. The summed E-state index contributed by atoms with van der Waals surface area (Å²) < 4.78 is 0. The van der Waals surface area contributed by atoms with Gasteiger partial charge in [0.25, 0.3) is 0 Å². The third kappa shape index (κ3) is 4.78. The smallest absolute Gasteiger partial charge is 0.220 e. The van der Waals surface area contributed by atoms with Gasteiger partial charge in [0.15, 0.2) is 0 Å². The monoisotopic (exact) mass is 324 g/mol. The van der Waals surface area contributed by atoms with Gasteiger partial charge in [-0.3, -0.25) is 9.78 Å². The topological polar surface area (TPSA) is 58.1 Å². The molecule has 1 unspecified atom stereocenters. The molecule has 1 saturated heterocycles. The van der Waals surface area contributed by atoms with E-state index >= 15 is 0 Å². The van der Waals surface area contributed by atoms with Crippen LogP contribution in [-0.2, 0) is 11.2 Å². The third-order valence-corrected chi connectivity index (χ3v) is 4.46. The van der Waals surface area contributed by atoms with Crippen LogP contribution in [0.15, 0.2) is 48.9 Å². The van der Waals surface area contributed by atoms with E-state index in [1.807, 2.05) is 18.2 Å². The van der Waals surface area contributed by atoms with Gasteiger partial charge in [-0.15, -0.1) is 0 Å². The minimum absolute atomic E-state index is 0.135. The van der Waals surface area contributed by atoms with Gasteiger partial charge in [-0.1, -0.05) is 30.3 Å². The van der Waals surface area contributed by atoms with Crippen molar-refractivity contribution in [1.29, 1.82) is 0 Å². The molecule has 0 spiro atoms. The lowest BCUT2D eigenvalue weighted by Gasteiger charge is -2.33. The fraction of sp³-hybridized carbons (Fsp3) is 0.421. The zero-order valence-electron chi connectivity index (χ0n) is 13.9. The number of aromatic nitrogens is 2. The minimum Gasteiger partial charge on any atom is -0.356 e. The molecular weight excluding hydrogens is 300 g/mol. The summed E-state index contributed by atoms with van der Waals surface area (Å²) in [5.41, 5.74) is 1.21. The molecule has 2 heterocycles. The lowest BCUT2D eigenvalue weighted by Crippen LogP contribution is -2.41. The van der Waals surface area contributed by atoms with Crippen molar-refractivity contribution in [3.63, 3.8) is 0 Å². The van der Waals surface area contributed by atoms with Crippen molar-refractivity contribution in [2.75, 3.05) is 24.5 Å². The van der Waals surface area contributed by atoms with Crippen LogP contribution >= 0.6 is 0 Å². The van der Waals surface area contributed by atoms with Crippen molar-refractivity contribution in [2.24, 2.45) is 5.92 Å². The number of piperidine rings is 1. The number of nitrogens with one attached hydrogen (secondary N) is 1. The third-order valence-electron chi connectivity index (χ3n) is 4.46. The van der Waals surface area contributed by atoms with Crippen LogP contribution in [0.25, 0.3) is 0 Å². The second kappa shape index (κ2) is 8.43. The molecule has 1 aliphatic rings. The summed E-state index contributed by atoms with van der Waals surface area (Å²) in [6.45, 7) is 2.68. The molecule has 1 aliphatic heterocycles. The quantitative estimate of drug-likeness (QED) is 0.887. The highest BCUT2D eigenvalue weighted by Crippen LogP contribution is 2.20. The Bertz CT molecular complexity index is 632. The molecule has 24 heavy (non-hydrogen) atoms. The minimum atomic E-state index is 0.135. The molecule has 1 N–H and O–H groups in total. The summed E-state index contributed by atoms with van der Waals surface area (Å²) in [7, 11) is 0. The molecule has 1 atom stereocenters. The zero-order chi connectivity index (χ0) is 16.6. The van der Waals surface area contributed by atoms with E-state index in [2.05, 4.69) is 32.3 Å². The van der Waals surface area contributed by atoms with Gasteiger partial charge in [0.1, 0.15) is 5.82 Å². The lowest BCUT2D eigenvalue weighted by molar-refractivity contribution is -0.121. The molecule has 1 aromatic carbocycles. The molecule has 0 aliphatic carbocycles. The largest absolute Gasteiger partial charge is 0.356 e. The van der Waals surface area contributed by atoms with E-state index in [1.165, 1.54) is 5.56 Å². The number of hydrogen-bond donors (Lipinski definition) is 1. The number of hydrogen-bond acceptors (Lipinski definition) is 4. The summed E-state index contributed by atoms with van der Waals surface area (Å²) in [6, 6.07) is 10.1. The van der Waals surface area contributed by atoms with Gasteiger partial charge in [-0.25, -0.2) is 4.98 Å². The lowest BCUT2D eigenvalue weighted by atomic mass is 9.98. The molecule has 0 bridgehead atoms. The summed E-state index contributed by atoms with van der Waals surface area (Å²) in [5, 5.41) is 3.09. The first kappa shape index (κ1) is 16.4. The van der Waals surface area contributed by atoms with E-state index in [1.54, 1.807) is 18.6 Å². The molecule has 126 valence electrons. The van der Waals surface area contributed by atoms with Crippen molar-refractivity contribution in [1.82, 2.24) is 15.3 Å². The first-order valence-electron chi connectivity index (χ1n) is 8.63. The Morgan fingerprint density at radius 3 is 2.92 bits per heavy atom. The number of carbonyl (C=O) groups is 1. The van der Waals surface area contributed by atoms with Gasteiger partial charge in [0.05, 0.1) is 6.20 Å². The summed E-state index contributed by atoms with van der Waals surface area (Å²) in [5.74, 6) is 1.54. The highest BCUT2D eigenvalue weighted by molar-refractivity contribution is 5.76. The van der Waals surface area contributed by atoms with Crippen LogP contribution in [0.5, 0.6) is 0 Å². The van der Waals surface area contributed by atoms with Crippen molar-refractivity contribution in [2.45, 2.75) is 25.7 Å². The number of aryl methyl sites for hydroxylation is 1. The maximum Gasteiger partial charge on any atom is 0.220 e. The van der Waals surface area contributed by atoms with Crippen LogP contribution in [0.1, 0.15) is 24.8 Å². The molecule has 1 aromatic heterocycles. The zero-order valence-corrected chi connectivity index (χ0v) is 13.9. The number of rotatable bonds is 6. The highest BCUT2D eigenvalue weighted by Gasteiger charge is 2.21. The van der Waals surface area contributed by atoms with Crippen molar-refractivity contribution in [3.05, 3.63) is 54.5 Å². The molecule has 1 amide bonds. The van der Waals surface area contributed by atoms with Crippen molar-refractivity contribution >= 4 is 11.7 Å². The van der Waals surface area contributed by atoms with Gasteiger partial charge in [0.2, 0.25) is 5.91 Å². The number of benzene rings is 1. The van der Waals surface area contributed by atoms with Crippen LogP contribution in [0, 0.1) is 5.92 Å². The SMILES string of the molecule is O=C(CCc1ccccc1)NCC1CCCN(c2cnccn2)C1. The predicted octanol–water partition coefficient (Wildman–Crippen LogP) is 2.44. The number of nitrogens with zero attached hydrogens (tertiary/aromatic N) is 3. The number of anilines is 1. The standard InChI is InChI=1S/C19H24N4O/c24-19(9-8-16-5-2-1-3-6-16)22-13-17-7-4-12-23(15-17)18-14-20-10-11-21-18/h1-3,5-6,10-11,14,17H,4,7-9,12-13,15H2,(H,22,24). The molecule has 2 aromatic rings. The fourth-order valence-electron chi connectivity index (χ4n) is 3.14. The first-order chi connectivity index (χ1) is 11.8. The molecule has 5 nitrogen and oxygen atoms in total. The normalized spacial score (nSPS) is 17.5. The van der Waals surface area contributed by atoms with Gasteiger partial charge >= 0.3 is 0 Å². The second-order valence-corrected chi connectivity index (χ2v) is 6.31. The van der Waals surface area contributed by atoms with E-state index < -0.39 is 0 Å². The molecule has 3 rings (SSSR count). The van der Waals surface area contributed by atoms with E-state index in [9.17, 15) is 4.79 Å². The summed E-state index contributed by atoms with van der Waals surface area (Å²) >= 11 is 0. The van der Waals surface area contributed by atoms with Crippen molar-refractivity contribution in [3.8, 4) is 0 Å². The number of carbonyl (C=O) groups excluding carboxylic acids is 1. The highest BCUT2D eigenvalue weighted by atomic mass is 16.1. The van der Waals surface area contributed by atoms with Gasteiger partial charge in [0, 0.05) is 38.4 Å². The Balaban J connectivity index is 1.42. The van der Waals surface area contributed by atoms with Crippen molar-refractivity contribution < 1.29 is 4.79 Å². The van der Waals surface area contributed by atoms with Crippen LogP contribution < -0.4 is 10.2 Å². The number of amides is 1. The van der Waals surface area contributed by atoms with E-state index in [4.69, 9.17) is 0 Å². The second-order valence-electron chi connectivity index (χ2n) is 6.31. The Labute approximate surface area is 143 Å². The van der Waals surface area contributed by atoms with E-state index in [-0.39, 0.29) is 5.91 Å². The molecule has 0 radical (unpaired) electrons. The van der Waals surface area contributed by atoms with Gasteiger partial charge in [-0.05, 0) is 30.7 Å². The predicted molar refractivity (Wildman–Crippen MR) is 94.7 cm³/mol. The first-order valence-corrected chi connectivity index (χ1v) is 8.63. The van der Waals surface area contributed by atoms with Crippen LogP contribution in [0.2, 0.25) is 0 Å². The van der Waals surface area contributed by atoms with E-state index in [0.717, 1.165) is 44.7 Å². The Hall–Kier alpha value is -2.43. The maximum atomic E-state index is 12.1. The molecule has 5 heteroatoms. The van der Waals surface area contributed by atoms with E-state index in [0.29, 0.717) is 12.3 Å². The van der Waals surface area contributed by atoms with Crippen LogP contribution in [0.4, 0.5) is 5.82 Å². The fourth-order valence-corrected chi connectivity index (χ4v) is 3.14. The maximum absolute atomic E-state index is 12.1. The molecule has 1 fully saturated rings. The Kier molecular flexibility index (Phi) is 5.77. The summed E-state index contributed by atoms with van der Waals surface area (Å²) in [6.07, 6.45) is 8.84. The molecule has 0 saturated carbocycles. The average Bonchev–Trinajstić information content (AvgIpc) is 2.66. The summed E-state index contributed by atoms with van der Waals surface area (Å²) in [4.78, 5) is 22.8. The van der Waals surface area contributed by atoms with Crippen LogP contribution in [0.3, 0.4) is 0 Å². The Morgan fingerprint density at radius 1 is 1.25 bits per heavy atom.